The van der Waals surface area contributed by atoms with Gasteiger partial charge in [0.05, 0.1) is 12.1 Å². The van der Waals surface area contributed by atoms with Crippen molar-refractivity contribution < 1.29 is 18.4 Å². The Bertz CT molecular complexity index is 991. The Labute approximate surface area is 164 Å². The van der Waals surface area contributed by atoms with E-state index in [1.807, 2.05) is 0 Å². The van der Waals surface area contributed by atoms with Crippen molar-refractivity contribution in [3.63, 3.8) is 0 Å². The lowest BCUT2D eigenvalue weighted by Gasteiger charge is -2.05. The first-order valence-corrected chi connectivity index (χ1v) is 9.41. The molecule has 2 N–H and O–H groups in total. The van der Waals surface area contributed by atoms with Gasteiger partial charge in [-0.25, -0.2) is 13.8 Å². The molecule has 0 atom stereocenters. The van der Waals surface area contributed by atoms with Crippen LogP contribution in [0.3, 0.4) is 0 Å². The summed E-state index contributed by atoms with van der Waals surface area (Å²) in [7, 11) is 0. The molecule has 0 aliphatic carbocycles. The lowest BCUT2D eigenvalue weighted by atomic mass is 10.1. The van der Waals surface area contributed by atoms with Crippen LogP contribution in [-0.2, 0) is 13.0 Å². The molecule has 1 heterocycles. The fraction of sp³-hybridized carbons (Fsp3) is 0.150. The molecule has 28 heavy (non-hydrogen) atoms. The predicted molar refractivity (Wildman–Crippen MR) is 102 cm³/mol. The molecule has 8 heteroatoms. The van der Waals surface area contributed by atoms with Gasteiger partial charge in [0.2, 0.25) is 0 Å². The van der Waals surface area contributed by atoms with Gasteiger partial charge in [0.1, 0.15) is 22.3 Å². The topological polar surface area (TPSA) is 71.1 Å². The molecule has 0 saturated heterocycles. The zero-order valence-electron chi connectivity index (χ0n) is 14.7. The summed E-state index contributed by atoms with van der Waals surface area (Å²) in [5, 5.41) is 7.35. The molecule has 5 nitrogen and oxygen atoms in total. The van der Waals surface area contributed by atoms with E-state index in [4.69, 9.17) is 0 Å². The predicted octanol–water partition coefficient (Wildman–Crippen LogP) is 3.32. The Morgan fingerprint density at radius 1 is 0.929 bits per heavy atom. The summed E-state index contributed by atoms with van der Waals surface area (Å²) in [4.78, 5) is 28.3. The standard InChI is InChI=1S/C20H17F2N3O2S/c21-15-7-3-1-5-13(15)9-10-23-20(27)17-12-28-18(25-17)11-24-19(26)14-6-2-4-8-16(14)22/h1-8,12H,9-11H2,(H,23,27)(H,24,26). The molecule has 0 bridgehead atoms. The number of hydrogen-bond donors (Lipinski definition) is 2. The van der Waals surface area contributed by atoms with E-state index in [1.54, 1.807) is 29.6 Å². The minimum Gasteiger partial charge on any atom is -0.350 e. The summed E-state index contributed by atoms with van der Waals surface area (Å²) in [6, 6.07) is 12.1. The highest BCUT2D eigenvalue weighted by atomic mass is 32.1. The zero-order chi connectivity index (χ0) is 19.9. The van der Waals surface area contributed by atoms with E-state index in [-0.39, 0.29) is 36.1 Å². The number of halogens is 2. The average Bonchev–Trinajstić information content (AvgIpc) is 3.17. The van der Waals surface area contributed by atoms with E-state index in [0.717, 1.165) is 0 Å². The number of nitrogens with zero attached hydrogens (tertiary/aromatic N) is 1. The van der Waals surface area contributed by atoms with Crippen molar-refractivity contribution in [2.45, 2.75) is 13.0 Å². The third-order valence-corrected chi connectivity index (χ3v) is 4.79. The highest BCUT2D eigenvalue weighted by Gasteiger charge is 2.13. The van der Waals surface area contributed by atoms with E-state index in [2.05, 4.69) is 15.6 Å². The van der Waals surface area contributed by atoms with Gasteiger partial charge in [0.25, 0.3) is 11.8 Å². The molecule has 1 aromatic heterocycles. The van der Waals surface area contributed by atoms with Crippen LogP contribution >= 0.6 is 11.3 Å². The van der Waals surface area contributed by atoms with Crippen molar-refractivity contribution in [1.29, 1.82) is 0 Å². The Morgan fingerprint density at radius 2 is 1.64 bits per heavy atom. The monoisotopic (exact) mass is 401 g/mol. The fourth-order valence-corrected chi connectivity index (χ4v) is 3.21. The highest BCUT2D eigenvalue weighted by molar-refractivity contribution is 7.09. The van der Waals surface area contributed by atoms with Gasteiger partial charge >= 0.3 is 0 Å². The van der Waals surface area contributed by atoms with Gasteiger partial charge in [-0.2, -0.15) is 0 Å². The third kappa shape index (κ3) is 4.98. The molecule has 0 unspecified atom stereocenters. The molecular weight excluding hydrogens is 384 g/mol. The smallest absolute Gasteiger partial charge is 0.270 e. The lowest BCUT2D eigenvalue weighted by Crippen LogP contribution is -2.26. The first-order valence-electron chi connectivity index (χ1n) is 8.53. The third-order valence-electron chi connectivity index (χ3n) is 3.94. The van der Waals surface area contributed by atoms with E-state index in [1.165, 1.54) is 35.6 Å². The summed E-state index contributed by atoms with van der Waals surface area (Å²) in [5.74, 6) is -1.84. The lowest BCUT2D eigenvalue weighted by molar-refractivity contribution is 0.0943. The molecule has 0 spiro atoms. The van der Waals surface area contributed by atoms with Crippen molar-refractivity contribution in [3.8, 4) is 0 Å². The van der Waals surface area contributed by atoms with Crippen LogP contribution in [0.15, 0.2) is 53.9 Å². The first kappa shape index (κ1) is 19.6. The maximum Gasteiger partial charge on any atom is 0.270 e. The van der Waals surface area contributed by atoms with Crippen molar-refractivity contribution >= 4 is 23.2 Å². The number of rotatable bonds is 7. The van der Waals surface area contributed by atoms with Crippen LogP contribution in [0, 0.1) is 11.6 Å². The number of carbonyl (C=O) groups excluding carboxylic acids is 2. The molecule has 0 radical (unpaired) electrons. The average molecular weight is 401 g/mol. The van der Waals surface area contributed by atoms with Crippen LogP contribution in [0.25, 0.3) is 0 Å². The van der Waals surface area contributed by atoms with Crippen LogP contribution in [0.4, 0.5) is 8.78 Å². The van der Waals surface area contributed by atoms with E-state index in [0.29, 0.717) is 17.0 Å². The Kier molecular flexibility index (Phi) is 6.44. The van der Waals surface area contributed by atoms with Gasteiger partial charge in [-0.15, -0.1) is 11.3 Å². The minimum atomic E-state index is -0.603. The number of amides is 2. The number of carbonyl (C=O) groups is 2. The van der Waals surface area contributed by atoms with Gasteiger partial charge in [-0.05, 0) is 30.2 Å². The number of benzene rings is 2. The summed E-state index contributed by atoms with van der Waals surface area (Å²) in [6.45, 7) is 0.358. The van der Waals surface area contributed by atoms with Crippen LogP contribution in [-0.4, -0.2) is 23.3 Å². The van der Waals surface area contributed by atoms with E-state index in [9.17, 15) is 18.4 Å². The van der Waals surface area contributed by atoms with Crippen LogP contribution in [0.5, 0.6) is 0 Å². The Hall–Kier alpha value is -3.13. The molecule has 0 fully saturated rings. The largest absolute Gasteiger partial charge is 0.350 e. The van der Waals surface area contributed by atoms with Gasteiger partial charge in [0.15, 0.2) is 0 Å². The van der Waals surface area contributed by atoms with Crippen LogP contribution < -0.4 is 10.6 Å². The molecule has 3 rings (SSSR count). The second-order valence-electron chi connectivity index (χ2n) is 5.89. The SMILES string of the molecule is O=C(NCCc1ccccc1F)c1csc(CNC(=O)c2ccccc2F)n1. The minimum absolute atomic E-state index is 0.0508. The van der Waals surface area contributed by atoms with Gasteiger partial charge in [-0.3, -0.25) is 9.59 Å². The number of nitrogens with one attached hydrogen (secondary N) is 2. The summed E-state index contributed by atoms with van der Waals surface area (Å²) >= 11 is 1.21. The fourth-order valence-electron chi connectivity index (χ4n) is 2.50. The molecular formula is C20H17F2N3O2S. The Morgan fingerprint density at radius 3 is 2.39 bits per heavy atom. The molecule has 3 aromatic rings. The number of thiazole rings is 1. The summed E-state index contributed by atoms with van der Waals surface area (Å²) in [6.07, 6.45) is 0.369. The van der Waals surface area contributed by atoms with E-state index < -0.39 is 11.7 Å². The first-order chi connectivity index (χ1) is 13.5. The quantitative estimate of drug-likeness (QED) is 0.638. The van der Waals surface area contributed by atoms with Crippen molar-refractivity contribution in [2.24, 2.45) is 0 Å². The van der Waals surface area contributed by atoms with Crippen LogP contribution in [0.1, 0.15) is 31.4 Å². The molecule has 144 valence electrons. The molecule has 0 saturated carbocycles. The number of aromatic nitrogens is 1. The Balaban J connectivity index is 1.49. The van der Waals surface area contributed by atoms with E-state index >= 15 is 0 Å². The van der Waals surface area contributed by atoms with Gasteiger partial charge in [-0.1, -0.05) is 30.3 Å². The van der Waals surface area contributed by atoms with Crippen LogP contribution in [0.2, 0.25) is 0 Å². The molecule has 2 aromatic carbocycles. The van der Waals surface area contributed by atoms with Crippen molar-refractivity contribution in [3.05, 3.63) is 87.4 Å². The summed E-state index contributed by atoms with van der Waals surface area (Å²) < 4.78 is 27.1. The highest BCUT2D eigenvalue weighted by Crippen LogP contribution is 2.11. The number of hydrogen-bond acceptors (Lipinski definition) is 4. The maximum absolute atomic E-state index is 13.6. The second-order valence-corrected chi connectivity index (χ2v) is 6.83. The van der Waals surface area contributed by atoms with Gasteiger partial charge < -0.3 is 10.6 Å². The molecule has 0 aliphatic rings. The summed E-state index contributed by atoms with van der Waals surface area (Å²) in [5.41, 5.74) is 0.691. The normalized spacial score (nSPS) is 10.5. The van der Waals surface area contributed by atoms with Crippen molar-refractivity contribution in [2.75, 3.05) is 6.54 Å². The maximum atomic E-state index is 13.6. The van der Waals surface area contributed by atoms with Crippen molar-refractivity contribution in [1.82, 2.24) is 15.6 Å². The van der Waals surface area contributed by atoms with Gasteiger partial charge in [0, 0.05) is 11.9 Å². The second kappa shape index (κ2) is 9.18. The molecule has 2 amide bonds. The zero-order valence-corrected chi connectivity index (χ0v) is 15.6. The molecule has 0 aliphatic heterocycles.